The second-order valence-electron chi connectivity index (χ2n) is 5.96. The van der Waals surface area contributed by atoms with Gasteiger partial charge in [0.15, 0.2) is 5.67 Å². The lowest BCUT2D eigenvalue weighted by atomic mass is 9.85. The fourth-order valence-corrected chi connectivity index (χ4v) is 3.51. The van der Waals surface area contributed by atoms with E-state index in [0.29, 0.717) is 18.8 Å². The first-order valence-electron chi connectivity index (χ1n) is 7.05. The molecule has 0 bridgehead atoms. The molecule has 1 amide bonds. The van der Waals surface area contributed by atoms with Crippen molar-refractivity contribution in [1.29, 1.82) is 0 Å². The third-order valence-corrected chi connectivity index (χ3v) is 4.85. The van der Waals surface area contributed by atoms with Gasteiger partial charge in [0.2, 0.25) is 0 Å². The standard InChI is InChI=1S/C15H16ClFN2O3/c1-18-5-4-15(17)9(7-18)8-19(14(15)22)10-2-3-11(13(20)21)12(16)6-10/h2-3,6,9H,4-5,7-8H2,1H3,(H,20,21)/t9-,15+/m0/s1. The predicted molar refractivity (Wildman–Crippen MR) is 80.2 cm³/mol. The van der Waals surface area contributed by atoms with Gasteiger partial charge >= 0.3 is 5.97 Å². The van der Waals surface area contributed by atoms with Crippen LogP contribution in [0.15, 0.2) is 18.2 Å². The maximum atomic E-state index is 15.0. The average Bonchev–Trinajstić information content (AvgIpc) is 2.71. The number of benzene rings is 1. The molecule has 2 atom stereocenters. The molecule has 2 fully saturated rings. The van der Waals surface area contributed by atoms with Crippen LogP contribution < -0.4 is 4.90 Å². The number of anilines is 1. The molecule has 2 aliphatic rings. The summed E-state index contributed by atoms with van der Waals surface area (Å²) in [5, 5.41) is 9.02. The van der Waals surface area contributed by atoms with E-state index in [-0.39, 0.29) is 29.5 Å². The third-order valence-electron chi connectivity index (χ3n) is 4.53. The van der Waals surface area contributed by atoms with Crippen molar-refractivity contribution in [2.75, 3.05) is 31.6 Å². The number of nitrogens with zero attached hydrogens (tertiary/aromatic N) is 2. The monoisotopic (exact) mass is 326 g/mol. The lowest BCUT2D eigenvalue weighted by Gasteiger charge is -2.34. The lowest BCUT2D eigenvalue weighted by Crippen LogP contribution is -2.49. The van der Waals surface area contributed by atoms with Crippen molar-refractivity contribution in [2.24, 2.45) is 5.92 Å². The molecule has 118 valence electrons. The summed E-state index contributed by atoms with van der Waals surface area (Å²) in [7, 11) is 1.91. The molecule has 3 rings (SSSR count). The lowest BCUT2D eigenvalue weighted by molar-refractivity contribution is -0.131. The molecule has 2 aliphatic heterocycles. The number of halogens is 2. The van der Waals surface area contributed by atoms with Crippen LogP contribution in [-0.4, -0.2) is 54.2 Å². The van der Waals surface area contributed by atoms with Crippen molar-refractivity contribution in [2.45, 2.75) is 12.1 Å². The summed E-state index contributed by atoms with van der Waals surface area (Å²) >= 11 is 5.94. The predicted octanol–water partition coefficient (Wildman–Crippen LogP) is 2.04. The molecule has 2 heterocycles. The number of hydrogen-bond acceptors (Lipinski definition) is 3. The van der Waals surface area contributed by atoms with Crippen molar-refractivity contribution in [1.82, 2.24) is 4.90 Å². The first kappa shape index (κ1) is 15.2. The fraction of sp³-hybridized carbons (Fsp3) is 0.467. The Labute approximate surface area is 132 Å². The van der Waals surface area contributed by atoms with E-state index in [1.807, 2.05) is 11.9 Å². The third kappa shape index (κ3) is 2.27. The number of carboxylic acid groups (broad SMARTS) is 1. The van der Waals surface area contributed by atoms with Gasteiger partial charge in [0.1, 0.15) is 0 Å². The van der Waals surface area contributed by atoms with Gasteiger partial charge in [0, 0.05) is 37.7 Å². The van der Waals surface area contributed by atoms with Crippen LogP contribution in [-0.2, 0) is 4.79 Å². The van der Waals surface area contributed by atoms with E-state index in [4.69, 9.17) is 16.7 Å². The SMILES string of the molecule is CN1CC[C@]2(F)C(=O)N(c3ccc(C(=O)O)c(Cl)c3)C[C@@H]2C1. The van der Waals surface area contributed by atoms with Crippen molar-refractivity contribution in [3.05, 3.63) is 28.8 Å². The minimum atomic E-state index is -1.83. The highest BCUT2D eigenvalue weighted by Crippen LogP contribution is 2.41. The van der Waals surface area contributed by atoms with Gasteiger partial charge in [0.05, 0.1) is 10.6 Å². The molecule has 0 radical (unpaired) electrons. The minimum absolute atomic E-state index is 0.0378. The van der Waals surface area contributed by atoms with Gasteiger partial charge in [-0.2, -0.15) is 0 Å². The van der Waals surface area contributed by atoms with Gasteiger partial charge in [-0.25, -0.2) is 9.18 Å². The zero-order chi connectivity index (χ0) is 16.1. The fourth-order valence-electron chi connectivity index (χ4n) is 3.25. The Morgan fingerprint density at radius 3 is 2.82 bits per heavy atom. The molecule has 0 spiro atoms. The number of rotatable bonds is 2. The molecule has 2 saturated heterocycles. The van der Waals surface area contributed by atoms with E-state index >= 15 is 4.39 Å². The van der Waals surface area contributed by atoms with E-state index < -0.39 is 17.5 Å². The van der Waals surface area contributed by atoms with Crippen molar-refractivity contribution < 1.29 is 19.1 Å². The number of carbonyl (C=O) groups excluding carboxylic acids is 1. The highest BCUT2D eigenvalue weighted by atomic mass is 35.5. The highest BCUT2D eigenvalue weighted by Gasteiger charge is 2.56. The molecule has 1 aromatic carbocycles. The molecule has 1 aromatic rings. The van der Waals surface area contributed by atoms with Crippen molar-refractivity contribution in [3.8, 4) is 0 Å². The van der Waals surface area contributed by atoms with Crippen LogP contribution in [0.3, 0.4) is 0 Å². The Morgan fingerprint density at radius 2 is 2.18 bits per heavy atom. The molecule has 0 saturated carbocycles. The normalized spacial score (nSPS) is 28.8. The first-order chi connectivity index (χ1) is 10.3. The van der Waals surface area contributed by atoms with Crippen molar-refractivity contribution >= 4 is 29.2 Å². The molecule has 0 aromatic heterocycles. The summed E-state index contributed by atoms with van der Waals surface area (Å²) in [6.45, 7) is 1.35. The second-order valence-corrected chi connectivity index (χ2v) is 6.36. The smallest absolute Gasteiger partial charge is 0.337 e. The summed E-state index contributed by atoms with van der Waals surface area (Å²) in [4.78, 5) is 26.8. The number of hydrogen-bond donors (Lipinski definition) is 1. The van der Waals surface area contributed by atoms with Gasteiger partial charge < -0.3 is 14.9 Å². The summed E-state index contributed by atoms with van der Waals surface area (Å²) in [5.41, 5.74) is -1.43. The van der Waals surface area contributed by atoms with Crippen LogP contribution in [0.2, 0.25) is 5.02 Å². The van der Waals surface area contributed by atoms with Crippen molar-refractivity contribution in [3.63, 3.8) is 0 Å². The van der Waals surface area contributed by atoms with E-state index in [9.17, 15) is 9.59 Å². The summed E-state index contributed by atoms with van der Waals surface area (Å²) in [5.74, 6) is -2.07. The molecular weight excluding hydrogens is 311 g/mol. The van der Waals surface area contributed by atoms with E-state index in [2.05, 4.69) is 0 Å². The minimum Gasteiger partial charge on any atom is -0.478 e. The molecule has 7 heteroatoms. The quantitative estimate of drug-likeness (QED) is 0.903. The Morgan fingerprint density at radius 1 is 1.45 bits per heavy atom. The number of carboxylic acids is 1. The van der Waals surface area contributed by atoms with Gasteiger partial charge in [-0.1, -0.05) is 11.6 Å². The number of likely N-dealkylation sites (tertiary alicyclic amines) is 1. The molecule has 22 heavy (non-hydrogen) atoms. The van der Waals surface area contributed by atoms with Crippen LogP contribution in [0.5, 0.6) is 0 Å². The molecule has 0 aliphatic carbocycles. The van der Waals surface area contributed by atoms with Gasteiger partial charge in [0.25, 0.3) is 5.91 Å². The van der Waals surface area contributed by atoms with Crippen LogP contribution in [0, 0.1) is 5.92 Å². The number of aromatic carboxylic acids is 1. The van der Waals surface area contributed by atoms with Gasteiger partial charge in [-0.05, 0) is 25.2 Å². The van der Waals surface area contributed by atoms with Crippen LogP contribution >= 0.6 is 11.6 Å². The van der Waals surface area contributed by atoms with Crippen LogP contribution in [0.25, 0.3) is 0 Å². The van der Waals surface area contributed by atoms with E-state index in [0.717, 1.165) is 0 Å². The zero-order valence-corrected chi connectivity index (χ0v) is 12.8. The van der Waals surface area contributed by atoms with Crippen LogP contribution in [0.4, 0.5) is 10.1 Å². The molecule has 0 unspecified atom stereocenters. The number of fused-ring (bicyclic) bond motifs is 1. The van der Waals surface area contributed by atoms with Gasteiger partial charge in [-0.15, -0.1) is 0 Å². The van der Waals surface area contributed by atoms with Crippen LogP contribution in [0.1, 0.15) is 16.8 Å². The maximum absolute atomic E-state index is 15.0. The number of alkyl halides is 1. The first-order valence-corrected chi connectivity index (χ1v) is 7.43. The number of piperidine rings is 1. The molecule has 5 nitrogen and oxygen atoms in total. The summed E-state index contributed by atoms with van der Waals surface area (Å²) in [6, 6.07) is 4.25. The molecule has 1 N–H and O–H groups in total. The average molecular weight is 327 g/mol. The van der Waals surface area contributed by atoms with E-state index in [1.54, 1.807) is 0 Å². The molecular formula is C15H16ClFN2O3. The highest BCUT2D eigenvalue weighted by molar-refractivity contribution is 6.33. The number of carbonyl (C=O) groups is 2. The zero-order valence-electron chi connectivity index (χ0n) is 12.1. The Bertz CT molecular complexity index is 654. The Kier molecular flexibility index (Phi) is 3.61. The summed E-state index contributed by atoms with van der Waals surface area (Å²) < 4.78 is 15.0. The Hall–Kier alpha value is -1.66. The van der Waals surface area contributed by atoms with E-state index in [1.165, 1.54) is 23.1 Å². The second kappa shape index (κ2) is 5.21. The number of amides is 1. The topological polar surface area (TPSA) is 60.9 Å². The van der Waals surface area contributed by atoms with Gasteiger partial charge in [-0.3, -0.25) is 4.79 Å². The largest absolute Gasteiger partial charge is 0.478 e. The summed E-state index contributed by atoms with van der Waals surface area (Å²) in [6.07, 6.45) is 0.185. The Balaban J connectivity index is 1.92. The maximum Gasteiger partial charge on any atom is 0.337 e.